The Hall–Kier alpha value is -4.66. The zero-order valence-corrected chi connectivity index (χ0v) is 35.6. The van der Waals surface area contributed by atoms with Gasteiger partial charge in [-0.05, 0) is 127 Å². The number of halogens is 1. The Morgan fingerprint density at radius 1 is 0.667 bits per heavy atom. The molecule has 0 saturated heterocycles. The van der Waals surface area contributed by atoms with Crippen molar-refractivity contribution in [1.29, 1.82) is 0 Å². The minimum Gasteiger partial charge on any atom is -0.478 e. The Morgan fingerprint density at radius 2 is 1.23 bits per heavy atom. The van der Waals surface area contributed by atoms with Gasteiger partial charge in [0, 0.05) is 43.2 Å². The molecule has 0 atom stereocenters. The van der Waals surface area contributed by atoms with Crippen molar-refractivity contribution in [2.75, 3.05) is 39.3 Å². The number of nitrogens with zero attached hydrogens (tertiary/aromatic N) is 1. The number of hydrogen-bond acceptors (Lipinski definition) is 5. The van der Waals surface area contributed by atoms with E-state index in [4.69, 9.17) is 16.3 Å². The standard InChI is InChI=1S/C48H67ClN4O4/c1-5-7-8-9-10-11-12-13-14-15-16-17-18-19-20-21-22-23-24-26-45(54)50-36-25-39-53(6-2)40-38-52-47(56)48(3,4)57-44-33-27-41(28-34-44)35-37-51-46(55)42-29-31-43(49)32-30-42/h7-8,10-11,13-14,16-17,19-20,22-23,27-34H,5-6,9,12,15,18,21,24-26,35-40H2,1-4H3,(H,50,54)(H,51,55)(H,52,56). The van der Waals surface area contributed by atoms with Crippen molar-refractivity contribution in [3.8, 4) is 5.75 Å². The number of carbonyl (C=O) groups excluding carboxylic acids is 3. The van der Waals surface area contributed by atoms with E-state index in [1.165, 1.54) is 0 Å². The molecule has 0 fully saturated rings. The van der Waals surface area contributed by atoms with Gasteiger partial charge in [0.15, 0.2) is 5.60 Å². The van der Waals surface area contributed by atoms with Gasteiger partial charge >= 0.3 is 0 Å². The summed E-state index contributed by atoms with van der Waals surface area (Å²) < 4.78 is 6.05. The fraction of sp³-hybridized carbons (Fsp3) is 0.438. The predicted octanol–water partition coefficient (Wildman–Crippen LogP) is 9.89. The lowest BCUT2D eigenvalue weighted by Gasteiger charge is -2.26. The summed E-state index contributed by atoms with van der Waals surface area (Å²) >= 11 is 5.90. The number of likely N-dealkylation sites (N-methyl/N-ethyl adjacent to an activating group) is 1. The first-order valence-electron chi connectivity index (χ1n) is 20.6. The molecule has 0 aliphatic carbocycles. The average molecular weight is 800 g/mol. The van der Waals surface area contributed by atoms with Crippen molar-refractivity contribution in [3.05, 3.63) is 138 Å². The van der Waals surface area contributed by atoms with E-state index in [2.05, 4.69) is 108 Å². The molecule has 0 unspecified atom stereocenters. The highest BCUT2D eigenvalue weighted by Gasteiger charge is 2.29. The lowest BCUT2D eigenvalue weighted by atomic mass is 10.1. The Kier molecular flexibility index (Phi) is 25.9. The number of nitrogens with one attached hydrogen (secondary N) is 3. The van der Waals surface area contributed by atoms with Gasteiger partial charge in [0.1, 0.15) is 5.75 Å². The summed E-state index contributed by atoms with van der Waals surface area (Å²) in [5.74, 6) is 0.333. The average Bonchev–Trinajstić information content (AvgIpc) is 3.20. The fourth-order valence-electron chi connectivity index (χ4n) is 5.53. The number of rotatable bonds is 29. The lowest BCUT2D eigenvalue weighted by molar-refractivity contribution is -0.134. The van der Waals surface area contributed by atoms with E-state index >= 15 is 0 Å². The smallest absolute Gasteiger partial charge is 0.263 e. The maximum Gasteiger partial charge on any atom is 0.263 e. The third-order valence-corrected chi connectivity index (χ3v) is 9.17. The van der Waals surface area contributed by atoms with E-state index in [9.17, 15) is 14.4 Å². The van der Waals surface area contributed by atoms with Gasteiger partial charge in [-0.25, -0.2) is 0 Å². The second kappa shape index (κ2) is 30.5. The number of benzene rings is 2. The lowest BCUT2D eigenvalue weighted by Crippen LogP contribution is -2.48. The molecule has 0 aromatic heterocycles. The molecule has 8 nitrogen and oxygen atoms in total. The maximum absolute atomic E-state index is 13.0. The van der Waals surface area contributed by atoms with E-state index in [1.807, 2.05) is 24.3 Å². The molecule has 2 rings (SSSR count). The fourth-order valence-corrected chi connectivity index (χ4v) is 5.66. The summed E-state index contributed by atoms with van der Waals surface area (Å²) in [6.45, 7) is 11.8. The van der Waals surface area contributed by atoms with Crippen molar-refractivity contribution >= 4 is 29.3 Å². The van der Waals surface area contributed by atoms with Gasteiger partial charge in [0.05, 0.1) is 0 Å². The molecular weight excluding hydrogens is 732 g/mol. The zero-order valence-electron chi connectivity index (χ0n) is 34.8. The summed E-state index contributed by atoms with van der Waals surface area (Å²) in [6, 6.07) is 14.3. The number of carbonyl (C=O) groups is 3. The molecule has 0 spiro atoms. The van der Waals surface area contributed by atoms with Gasteiger partial charge in [-0.2, -0.15) is 0 Å². The summed E-state index contributed by atoms with van der Waals surface area (Å²) in [5, 5.41) is 9.54. The molecule has 3 N–H and O–H groups in total. The van der Waals surface area contributed by atoms with E-state index in [1.54, 1.807) is 38.1 Å². The van der Waals surface area contributed by atoms with Gasteiger partial charge in [-0.15, -0.1) is 0 Å². The first-order valence-corrected chi connectivity index (χ1v) is 21.0. The third-order valence-electron chi connectivity index (χ3n) is 8.92. The predicted molar refractivity (Wildman–Crippen MR) is 239 cm³/mol. The summed E-state index contributed by atoms with van der Waals surface area (Å²) in [4.78, 5) is 39.8. The van der Waals surface area contributed by atoms with Crippen LogP contribution in [0.4, 0.5) is 0 Å². The molecule has 0 aliphatic rings. The Morgan fingerprint density at radius 3 is 1.79 bits per heavy atom. The Bertz CT molecular complexity index is 1610. The van der Waals surface area contributed by atoms with Crippen LogP contribution in [-0.4, -0.2) is 67.5 Å². The van der Waals surface area contributed by atoms with Crippen LogP contribution in [0.25, 0.3) is 0 Å². The minimum atomic E-state index is -1.06. The quantitative estimate of drug-likeness (QED) is 0.0563. The highest BCUT2D eigenvalue weighted by molar-refractivity contribution is 6.30. The molecule has 2 aromatic carbocycles. The largest absolute Gasteiger partial charge is 0.478 e. The van der Waals surface area contributed by atoms with Crippen molar-refractivity contribution in [1.82, 2.24) is 20.9 Å². The van der Waals surface area contributed by atoms with Gasteiger partial charge in [-0.3, -0.25) is 14.4 Å². The van der Waals surface area contributed by atoms with Crippen LogP contribution >= 0.6 is 11.6 Å². The second-order valence-electron chi connectivity index (χ2n) is 14.1. The van der Waals surface area contributed by atoms with Crippen LogP contribution in [0.15, 0.2) is 121 Å². The van der Waals surface area contributed by atoms with Crippen molar-refractivity contribution in [2.45, 2.75) is 97.5 Å². The van der Waals surface area contributed by atoms with E-state index in [-0.39, 0.29) is 17.7 Å². The second-order valence-corrected chi connectivity index (χ2v) is 14.6. The normalized spacial score (nSPS) is 12.3. The van der Waals surface area contributed by atoms with Crippen LogP contribution in [0.2, 0.25) is 5.02 Å². The summed E-state index contributed by atoms with van der Waals surface area (Å²) in [5.41, 5.74) is 0.553. The molecule has 0 aliphatic heterocycles. The molecule has 0 bridgehead atoms. The van der Waals surface area contributed by atoms with Gasteiger partial charge < -0.3 is 25.6 Å². The first-order chi connectivity index (χ1) is 27.6. The highest BCUT2D eigenvalue weighted by atomic mass is 35.5. The topological polar surface area (TPSA) is 99.8 Å². The monoisotopic (exact) mass is 798 g/mol. The van der Waals surface area contributed by atoms with Crippen LogP contribution < -0.4 is 20.7 Å². The SMILES string of the molecule is CCC=CCC=CCC=CCC=CCC=CCC=CCCC(=O)NCCCN(CC)CCNC(=O)C(C)(C)Oc1ccc(CCNC(=O)c2ccc(Cl)cc2)cc1. The highest BCUT2D eigenvalue weighted by Crippen LogP contribution is 2.20. The van der Waals surface area contributed by atoms with Gasteiger partial charge in [-0.1, -0.05) is 110 Å². The van der Waals surface area contributed by atoms with Crippen molar-refractivity contribution < 1.29 is 19.1 Å². The van der Waals surface area contributed by atoms with E-state index in [0.717, 1.165) is 70.0 Å². The molecule has 0 heterocycles. The molecule has 2 aromatic rings. The van der Waals surface area contributed by atoms with Crippen LogP contribution in [0, 0.1) is 0 Å². The molecule has 310 valence electrons. The molecule has 9 heteroatoms. The molecular formula is C48H67ClN4O4. The van der Waals surface area contributed by atoms with Crippen molar-refractivity contribution in [3.63, 3.8) is 0 Å². The molecule has 3 amide bonds. The molecule has 0 radical (unpaired) electrons. The van der Waals surface area contributed by atoms with Gasteiger partial charge in [0.25, 0.3) is 11.8 Å². The van der Waals surface area contributed by atoms with Crippen LogP contribution in [0.1, 0.15) is 101 Å². The summed E-state index contributed by atoms with van der Waals surface area (Å²) in [7, 11) is 0. The number of amides is 3. The van der Waals surface area contributed by atoms with E-state index < -0.39 is 5.60 Å². The number of ether oxygens (including phenoxy) is 1. The summed E-state index contributed by atoms with van der Waals surface area (Å²) in [6.07, 6.45) is 34.7. The minimum absolute atomic E-state index is 0.0699. The Labute approximate surface area is 348 Å². The van der Waals surface area contributed by atoms with Crippen molar-refractivity contribution in [2.24, 2.45) is 0 Å². The third kappa shape index (κ3) is 23.9. The number of hydrogen-bond donors (Lipinski definition) is 3. The number of allylic oxidation sites excluding steroid dienone is 12. The zero-order chi connectivity index (χ0) is 41.4. The van der Waals surface area contributed by atoms with Gasteiger partial charge in [0.2, 0.25) is 5.91 Å². The van der Waals surface area contributed by atoms with Crippen LogP contribution in [0.3, 0.4) is 0 Å². The first kappa shape index (κ1) is 48.5. The van der Waals surface area contributed by atoms with Crippen LogP contribution in [-0.2, 0) is 16.0 Å². The van der Waals surface area contributed by atoms with Crippen LogP contribution in [0.5, 0.6) is 5.75 Å². The molecule has 57 heavy (non-hydrogen) atoms. The maximum atomic E-state index is 13.0. The molecule has 0 saturated carbocycles. The van der Waals surface area contributed by atoms with E-state index in [0.29, 0.717) is 55.4 Å². The Balaban J connectivity index is 1.51.